The summed E-state index contributed by atoms with van der Waals surface area (Å²) < 4.78 is 5.28. The molecule has 0 radical (unpaired) electrons. The first-order valence-electron chi connectivity index (χ1n) is 25.7. The van der Waals surface area contributed by atoms with Crippen LogP contribution in [0.2, 0.25) is 0 Å². The molecule has 0 aliphatic carbocycles. The molecule has 0 bridgehead atoms. The van der Waals surface area contributed by atoms with Crippen molar-refractivity contribution in [2.45, 2.75) is 41.5 Å². The van der Waals surface area contributed by atoms with Crippen LogP contribution in [-0.4, -0.2) is 0 Å². The van der Waals surface area contributed by atoms with E-state index in [4.69, 9.17) is 0 Å². The highest BCUT2D eigenvalue weighted by Crippen LogP contribution is 2.52. The summed E-state index contributed by atoms with van der Waals surface area (Å²) in [5.41, 5.74) is 19.4. The molecule has 0 atom stereocenters. The van der Waals surface area contributed by atoms with Crippen molar-refractivity contribution in [3.63, 3.8) is 0 Å². The van der Waals surface area contributed by atoms with Crippen LogP contribution in [0.25, 0.3) is 94.9 Å². The third-order valence-corrected chi connectivity index (χ3v) is 18.2. The molecule has 0 saturated heterocycles. The minimum Gasteiger partial charge on any atom is -0.309 e. The van der Waals surface area contributed by atoms with Crippen LogP contribution in [0.3, 0.4) is 0 Å². The van der Waals surface area contributed by atoms with Gasteiger partial charge in [-0.05, 0) is 167 Å². The molecule has 14 rings (SSSR count). The Morgan fingerprint density at radius 1 is 0.284 bits per heavy atom. The number of rotatable bonds is 8. The number of fused-ring (bicyclic) bond motifs is 6. The van der Waals surface area contributed by atoms with Gasteiger partial charge in [-0.2, -0.15) is 0 Å². The van der Waals surface area contributed by atoms with E-state index in [2.05, 4.69) is 258 Å². The number of anilines is 6. The quantitative estimate of drug-likeness (QED) is 0.140. The molecule has 14 aromatic rings. The summed E-state index contributed by atoms with van der Waals surface area (Å²) >= 11 is 3.78. The van der Waals surface area contributed by atoms with Crippen molar-refractivity contribution in [1.82, 2.24) is 0 Å². The third-order valence-electron chi connectivity index (χ3n) is 15.7. The average molecular weight is 985 g/mol. The molecule has 74 heavy (non-hydrogen) atoms. The molecule has 12 aromatic carbocycles. The Morgan fingerprint density at radius 3 is 1.08 bits per heavy atom. The SMILES string of the molecule is Cc1cccc(C)c1N(c1cccc(-c2cccc3c2sc2ccccc23)c1)c1cc(C)c2ccc3c(N(c4cccc(-c5cccc6c5sc5ccccc56)c4)c4c(C)cccc4C)cc(C)c4ccc1c2c43. The van der Waals surface area contributed by atoms with Crippen LogP contribution in [0.15, 0.2) is 206 Å². The smallest absolute Gasteiger partial charge is 0.0543 e. The predicted molar refractivity (Wildman–Crippen MR) is 325 cm³/mol. The lowest BCUT2D eigenvalue weighted by molar-refractivity contribution is 1.22. The first-order valence-corrected chi connectivity index (χ1v) is 27.3. The number of hydrogen-bond donors (Lipinski definition) is 0. The lowest BCUT2D eigenvalue weighted by Gasteiger charge is -2.32. The zero-order chi connectivity index (χ0) is 49.9. The van der Waals surface area contributed by atoms with Crippen LogP contribution in [-0.2, 0) is 0 Å². The van der Waals surface area contributed by atoms with Gasteiger partial charge in [0.15, 0.2) is 0 Å². The monoisotopic (exact) mass is 984 g/mol. The van der Waals surface area contributed by atoms with Gasteiger partial charge < -0.3 is 9.80 Å². The molecular weight excluding hydrogens is 933 g/mol. The molecule has 0 aliphatic rings. The Kier molecular flexibility index (Phi) is 10.3. The minimum absolute atomic E-state index is 1.14. The first kappa shape index (κ1) is 44.4. The number of aryl methyl sites for hydroxylation is 6. The molecule has 0 fully saturated rings. The van der Waals surface area contributed by atoms with E-state index in [1.54, 1.807) is 0 Å². The molecule has 4 heteroatoms. The van der Waals surface area contributed by atoms with Crippen molar-refractivity contribution in [1.29, 1.82) is 0 Å². The van der Waals surface area contributed by atoms with Crippen molar-refractivity contribution >= 4 is 129 Å². The second-order valence-corrected chi connectivity index (χ2v) is 22.4. The highest BCUT2D eigenvalue weighted by atomic mass is 32.1. The largest absolute Gasteiger partial charge is 0.309 e. The maximum absolute atomic E-state index is 2.55. The molecule has 2 aromatic heterocycles. The standard InChI is InChI=1S/C70H52N2S2/c1-41-17-11-18-42(2)67(41)71(49-23-13-21-47(39-49)53-27-15-29-57-55-25-7-9-31-63(55)73-69(53)57)61-37-45(5)51-34-36-60-62(38-46(6)52-33-35-59(61)65(51)66(52)60)72(68-43(3)19-12-20-44(68)4)50-24-14-22-48(40-50)54-28-16-30-58-56-26-8-10-32-64(56)74-70(54)58/h7-40H,1-6H3. The molecule has 0 amide bonds. The Morgan fingerprint density at radius 2 is 0.649 bits per heavy atom. The molecule has 0 saturated carbocycles. The van der Waals surface area contributed by atoms with Gasteiger partial charge in [0.25, 0.3) is 0 Å². The summed E-state index contributed by atoms with van der Waals surface area (Å²) in [5, 5.41) is 12.9. The number of benzene rings is 12. The van der Waals surface area contributed by atoms with Crippen molar-refractivity contribution in [3.05, 3.63) is 240 Å². The van der Waals surface area contributed by atoms with E-state index in [9.17, 15) is 0 Å². The normalized spacial score (nSPS) is 11.9. The van der Waals surface area contributed by atoms with Gasteiger partial charge in [-0.1, -0.05) is 158 Å². The molecule has 2 nitrogen and oxygen atoms in total. The lowest BCUT2D eigenvalue weighted by Crippen LogP contribution is -2.15. The second-order valence-electron chi connectivity index (χ2n) is 20.3. The van der Waals surface area contributed by atoms with Crippen LogP contribution in [0.4, 0.5) is 34.1 Å². The summed E-state index contributed by atoms with van der Waals surface area (Å²) in [6, 6.07) is 77.5. The van der Waals surface area contributed by atoms with Crippen LogP contribution in [0.1, 0.15) is 33.4 Å². The topological polar surface area (TPSA) is 6.48 Å². The molecule has 0 unspecified atom stereocenters. The maximum atomic E-state index is 2.55. The van der Waals surface area contributed by atoms with Crippen molar-refractivity contribution in [2.75, 3.05) is 9.80 Å². The van der Waals surface area contributed by atoms with E-state index >= 15 is 0 Å². The van der Waals surface area contributed by atoms with E-state index in [0.29, 0.717) is 0 Å². The summed E-state index contributed by atoms with van der Waals surface area (Å²) in [6.07, 6.45) is 0. The summed E-state index contributed by atoms with van der Waals surface area (Å²) in [7, 11) is 0. The minimum atomic E-state index is 1.14. The zero-order valence-electron chi connectivity index (χ0n) is 42.3. The maximum Gasteiger partial charge on any atom is 0.0543 e. The van der Waals surface area contributed by atoms with E-state index < -0.39 is 0 Å². The van der Waals surface area contributed by atoms with E-state index in [-0.39, 0.29) is 0 Å². The van der Waals surface area contributed by atoms with Gasteiger partial charge in [-0.3, -0.25) is 0 Å². The Balaban J connectivity index is 1.00. The summed E-state index contributed by atoms with van der Waals surface area (Å²) in [6.45, 7) is 13.6. The summed E-state index contributed by atoms with van der Waals surface area (Å²) in [4.78, 5) is 5.11. The predicted octanol–water partition coefficient (Wildman–Crippen LogP) is 21.4. The van der Waals surface area contributed by atoms with Crippen LogP contribution in [0, 0.1) is 41.5 Å². The van der Waals surface area contributed by atoms with E-state index in [1.807, 2.05) is 22.7 Å². The van der Waals surface area contributed by atoms with Gasteiger partial charge in [-0.25, -0.2) is 0 Å². The Hall–Kier alpha value is -8.28. The van der Waals surface area contributed by atoms with E-state index in [1.165, 1.54) is 151 Å². The lowest BCUT2D eigenvalue weighted by atomic mass is 9.88. The van der Waals surface area contributed by atoms with Gasteiger partial charge >= 0.3 is 0 Å². The van der Waals surface area contributed by atoms with Gasteiger partial charge in [-0.15, -0.1) is 22.7 Å². The fourth-order valence-electron chi connectivity index (χ4n) is 12.3. The van der Waals surface area contributed by atoms with Gasteiger partial charge in [0, 0.05) is 62.5 Å². The number of nitrogens with zero attached hydrogens (tertiary/aromatic N) is 2. The zero-order valence-corrected chi connectivity index (χ0v) is 44.0. The number of thiophene rings is 2. The van der Waals surface area contributed by atoms with Gasteiger partial charge in [0.2, 0.25) is 0 Å². The second kappa shape index (κ2) is 17.2. The Bertz CT molecular complexity index is 4260. The number of hydrogen-bond acceptors (Lipinski definition) is 4. The van der Waals surface area contributed by atoms with E-state index in [0.717, 1.165) is 11.4 Å². The molecule has 2 heterocycles. The molecular formula is C70H52N2S2. The average Bonchev–Trinajstić information content (AvgIpc) is 4.00. The van der Waals surface area contributed by atoms with Crippen LogP contribution < -0.4 is 9.80 Å². The fourth-order valence-corrected chi connectivity index (χ4v) is 14.8. The van der Waals surface area contributed by atoms with Crippen molar-refractivity contribution in [3.8, 4) is 22.3 Å². The van der Waals surface area contributed by atoms with Gasteiger partial charge in [0.1, 0.15) is 0 Å². The van der Waals surface area contributed by atoms with Crippen molar-refractivity contribution in [2.24, 2.45) is 0 Å². The third kappa shape index (κ3) is 6.82. The molecule has 0 spiro atoms. The molecule has 0 N–H and O–H groups in total. The fraction of sp³-hybridized carbons (Fsp3) is 0.0857. The highest BCUT2D eigenvalue weighted by Gasteiger charge is 2.27. The molecule has 0 aliphatic heterocycles. The summed E-state index contributed by atoms with van der Waals surface area (Å²) in [5.74, 6) is 0. The van der Waals surface area contributed by atoms with Gasteiger partial charge in [0.05, 0.1) is 22.7 Å². The molecule has 354 valence electrons. The first-order chi connectivity index (χ1) is 36.2. The Labute approximate surface area is 440 Å². The highest BCUT2D eigenvalue weighted by molar-refractivity contribution is 7.26. The van der Waals surface area contributed by atoms with Crippen molar-refractivity contribution < 1.29 is 0 Å². The van der Waals surface area contributed by atoms with Crippen LogP contribution in [0.5, 0.6) is 0 Å². The number of para-hydroxylation sites is 2. The van der Waals surface area contributed by atoms with Crippen LogP contribution >= 0.6 is 22.7 Å².